The molecule has 2 aliphatic rings. The zero-order chi connectivity index (χ0) is 9.47. The molecule has 1 heteroatoms. The van der Waals surface area contributed by atoms with Gasteiger partial charge in [-0.2, -0.15) is 0 Å². The summed E-state index contributed by atoms with van der Waals surface area (Å²) < 4.78 is 0. The molecule has 0 amide bonds. The van der Waals surface area contributed by atoms with Gasteiger partial charge in [0.05, 0.1) is 0 Å². The molecule has 1 nitrogen and oxygen atoms in total. The zero-order valence-electron chi connectivity index (χ0n) is 8.51. The highest BCUT2D eigenvalue weighted by Gasteiger charge is 2.47. The normalized spacial score (nSPS) is 24.6. The molecule has 0 saturated heterocycles. The Labute approximate surface area is 80.4 Å². The van der Waals surface area contributed by atoms with E-state index in [-0.39, 0.29) is 0 Å². The second kappa shape index (κ2) is 2.76. The van der Waals surface area contributed by atoms with E-state index in [2.05, 4.69) is 43.6 Å². The van der Waals surface area contributed by atoms with Gasteiger partial charge in [0.25, 0.3) is 0 Å². The van der Waals surface area contributed by atoms with Crippen LogP contribution in [0.3, 0.4) is 0 Å². The Morgan fingerprint density at radius 3 is 2.69 bits per heavy atom. The Kier molecular flexibility index (Phi) is 1.83. The highest BCUT2D eigenvalue weighted by molar-refractivity contribution is 5.34. The van der Waals surface area contributed by atoms with E-state index in [0.29, 0.717) is 5.54 Å². The predicted octanol–water partition coefficient (Wildman–Crippen LogP) is 3.22. The Morgan fingerprint density at radius 1 is 1.54 bits per heavy atom. The average molecular weight is 175 g/mol. The van der Waals surface area contributed by atoms with Crippen molar-refractivity contribution in [3.05, 3.63) is 36.2 Å². The Bertz CT molecular complexity index is 292. The van der Waals surface area contributed by atoms with Crippen LogP contribution in [0.25, 0.3) is 0 Å². The van der Waals surface area contributed by atoms with Crippen LogP contribution in [0.1, 0.15) is 33.1 Å². The molecule has 1 fully saturated rings. The largest absolute Gasteiger partial charge is 0.340 e. The van der Waals surface area contributed by atoms with Crippen molar-refractivity contribution in [1.82, 2.24) is 4.90 Å². The first-order valence-electron chi connectivity index (χ1n) is 5.04. The van der Waals surface area contributed by atoms with Crippen molar-refractivity contribution >= 4 is 0 Å². The van der Waals surface area contributed by atoms with Crippen LogP contribution in [0.15, 0.2) is 36.2 Å². The van der Waals surface area contributed by atoms with Gasteiger partial charge in [0.15, 0.2) is 0 Å². The third kappa shape index (κ3) is 1.23. The molecule has 1 aliphatic carbocycles. The summed E-state index contributed by atoms with van der Waals surface area (Å²) in [5.41, 5.74) is 2.91. The summed E-state index contributed by atoms with van der Waals surface area (Å²) in [6.07, 6.45) is 10.2. The summed E-state index contributed by atoms with van der Waals surface area (Å²) in [7, 11) is 0. The summed E-state index contributed by atoms with van der Waals surface area (Å²) in [5, 5.41) is 0. The van der Waals surface area contributed by atoms with Gasteiger partial charge in [0.1, 0.15) is 0 Å². The second-order valence-corrected chi connectivity index (χ2v) is 4.07. The van der Waals surface area contributed by atoms with Gasteiger partial charge in [-0.3, -0.25) is 0 Å². The minimum atomic E-state index is 0.419. The van der Waals surface area contributed by atoms with E-state index in [1.54, 1.807) is 0 Å². The number of allylic oxidation sites excluding steroid dienone is 4. The molecule has 0 atom stereocenters. The summed E-state index contributed by atoms with van der Waals surface area (Å²) in [6, 6.07) is 0. The van der Waals surface area contributed by atoms with Crippen LogP contribution in [0.2, 0.25) is 0 Å². The summed E-state index contributed by atoms with van der Waals surface area (Å²) in [6.45, 7) is 8.54. The van der Waals surface area contributed by atoms with E-state index in [0.717, 1.165) is 5.70 Å². The van der Waals surface area contributed by atoms with Crippen LogP contribution in [-0.4, -0.2) is 10.4 Å². The predicted molar refractivity (Wildman–Crippen MR) is 56.1 cm³/mol. The molecule has 0 N–H and O–H groups in total. The van der Waals surface area contributed by atoms with E-state index in [9.17, 15) is 0 Å². The van der Waals surface area contributed by atoms with E-state index in [1.165, 1.54) is 25.0 Å². The zero-order valence-corrected chi connectivity index (χ0v) is 8.51. The Hall–Kier alpha value is -0.980. The van der Waals surface area contributed by atoms with Crippen LogP contribution in [-0.2, 0) is 0 Å². The van der Waals surface area contributed by atoms with Gasteiger partial charge in [0, 0.05) is 16.9 Å². The van der Waals surface area contributed by atoms with Crippen molar-refractivity contribution in [2.24, 2.45) is 0 Å². The first kappa shape index (κ1) is 8.61. The molecule has 1 aliphatic heterocycles. The Balaban J connectivity index is 2.28. The maximum absolute atomic E-state index is 4.10. The molecule has 0 aromatic rings. The highest BCUT2D eigenvalue weighted by atomic mass is 15.2. The van der Waals surface area contributed by atoms with Gasteiger partial charge in [-0.25, -0.2) is 0 Å². The van der Waals surface area contributed by atoms with Crippen LogP contribution in [0.5, 0.6) is 0 Å². The molecule has 70 valence electrons. The van der Waals surface area contributed by atoms with Gasteiger partial charge in [0.2, 0.25) is 0 Å². The quantitative estimate of drug-likeness (QED) is 0.623. The molecular formula is C12H17N. The third-order valence-electron chi connectivity index (χ3n) is 3.23. The third-order valence-corrected chi connectivity index (χ3v) is 3.23. The van der Waals surface area contributed by atoms with Crippen LogP contribution < -0.4 is 0 Å². The van der Waals surface area contributed by atoms with Gasteiger partial charge in [-0.15, -0.1) is 0 Å². The summed E-state index contributed by atoms with van der Waals surface area (Å²) in [5.74, 6) is 0. The number of hydrogen-bond acceptors (Lipinski definition) is 1. The lowest BCUT2D eigenvalue weighted by atomic mass is 10.1. The van der Waals surface area contributed by atoms with Crippen LogP contribution >= 0.6 is 0 Å². The fraction of sp³-hybridized carbons (Fsp3) is 0.500. The topological polar surface area (TPSA) is 3.24 Å². The number of nitrogens with zero attached hydrogens (tertiary/aromatic N) is 1. The van der Waals surface area contributed by atoms with E-state index < -0.39 is 0 Å². The standard InChI is InChI=1S/C12H17N/c1-4-12(8-9-12)13-10(2)6-5-7-11(13)3/h5-7H,2,4,8-9H2,1,3H3. The molecule has 1 saturated carbocycles. The maximum Gasteiger partial charge on any atom is 0.0447 e. The lowest BCUT2D eigenvalue weighted by Crippen LogP contribution is -2.34. The molecule has 0 radical (unpaired) electrons. The minimum absolute atomic E-state index is 0.419. The van der Waals surface area contributed by atoms with E-state index >= 15 is 0 Å². The van der Waals surface area contributed by atoms with Crippen molar-refractivity contribution in [2.45, 2.75) is 38.6 Å². The van der Waals surface area contributed by atoms with Gasteiger partial charge in [-0.1, -0.05) is 19.6 Å². The lowest BCUT2D eigenvalue weighted by Gasteiger charge is -2.36. The average Bonchev–Trinajstić information content (AvgIpc) is 2.85. The minimum Gasteiger partial charge on any atom is -0.340 e. The molecule has 0 unspecified atom stereocenters. The molecule has 2 rings (SSSR count). The first-order valence-corrected chi connectivity index (χ1v) is 5.04. The Morgan fingerprint density at radius 2 is 2.23 bits per heavy atom. The molecule has 0 aromatic carbocycles. The first-order chi connectivity index (χ1) is 6.19. The lowest BCUT2D eigenvalue weighted by molar-refractivity contribution is 0.289. The van der Waals surface area contributed by atoms with Crippen molar-refractivity contribution < 1.29 is 0 Å². The second-order valence-electron chi connectivity index (χ2n) is 4.07. The van der Waals surface area contributed by atoms with E-state index in [4.69, 9.17) is 0 Å². The summed E-state index contributed by atoms with van der Waals surface area (Å²) >= 11 is 0. The van der Waals surface area contributed by atoms with Crippen molar-refractivity contribution in [3.8, 4) is 0 Å². The highest BCUT2D eigenvalue weighted by Crippen LogP contribution is 2.48. The molecule has 0 bridgehead atoms. The molecule has 0 aromatic heterocycles. The molecule has 0 spiro atoms. The molecule has 1 heterocycles. The smallest absolute Gasteiger partial charge is 0.0447 e. The van der Waals surface area contributed by atoms with Gasteiger partial charge < -0.3 is 4.90 Å². The molecular weight excluding hydrogens is 158 g/mol. The van der Waals surface area contributed by atoms with Gasteiger partial charge >= 0.3 is 0 Å². The summed E-state index contributed by atoms with van der Waals surface area (Å²) in [4.78, 5) is 2.41. The van der Waals surface area contributed by atoms with Crippen LogP contribution in [0.4, 0.5) is 0 Å². The fourth-order valence-corrected chi connectivity index (χ4v) is 2.23. The monoisotopic (exact) mass is 175 g/mol. The van der Waals surface area contributed by atoms with Gasteiger partial charge in [-0.05, 0) is 38.3 Å². The molecule has 13 heavy (non-hydrogen) atoms. The SMILES string of the molecule is C=C1C=CC=C(C)N1C1(CC)CC1. The number of rotatable bonds is 2. The fourth-order valence-electron chi connectivity index (χ4n) is 2.23. The van der Waals surface area contributed by atoms with Crippen LogP contribution in [0, 0.1) is 0 Å². The van der Waals surface area contributed by atoms with Crippen molar-refractivity contribution in [2.75, 3.05) is 0 Å². The van der Waals surface area contributed by atoms with E-state index in [1.807, 2.05) is 0 Å². The van der Waals surface area contributed by atoms with Crippen molar-refractivity contribution in [3.63, 3.8) is 0 Å². The number of hydrogen-bond donors (Lipinski definition) is 0. The maximum atomic E-state index is 4.10. The van der Waals surface area contributed by atoms with Crippen molar-refractivity contribution in [1.29, 1.82) is 0 Å².